The summed E-state index contributed by atoms with van der Waals surface area (Å²) >= 11 is 6.51. The van der Waals surface area contributed by atoms with E-state index in [1.54, 1.807) is 11.0 Å². The summed E-state index contributed by atoms with van der Waals surface area (Å²) in [4.78, 5) is 42.3. The number of carbonyl (C=O) groups excluding carboxylic acids is 2. The first-order valence-corrected chi connectivity index (χ1v) is 16.9. The molecule has 0 unspecified atom stereocenters. The molecule has 2 bridgehead atoms. The maximum absolute atomic E-state index is 14.6. The van der Waals surface area contributed by atoms with E-state index in [2.05, 4.69) is 5.32 Å². The van der Waals surface area contributed by atoms with Crippen LogP contribution in [0, 0.1) is 17.5 Å². The number of ether oxygens (including phenoxy) is 1. The molecule has 258 valence electrons. The van der Waals surface area contributed by atoms with Crippen molar-refractivity contribution in [2.75, 3.05) is 19.7 Å². The van der Waals surface area contributed by atoms with E-state index in [9.17, 15) is 27.6 Å². The Labute approximate surface area is 287 Å². The first-order valence-electron chi connectivity index (χ1n) is 16.5. The van der Waals surface area contributed by atoms with Gasteiger partial charge in [0.1, 0.15) is 0 Å². The maximum Gasteiger partial charge on any atom is 0.303 e. The van der Waals surface area contributed by atoms with Crippen LogP contribution in [0.2, 0.25) is 5.02 Å². The molecule has 2 atom stereocenters. The van der Waals surface area contributed by atoms with Crippen LogP contribution in [-0.2, 0) is 27.3 Å². The van der Waals surface area contributed by atoms with Gasteiger partial charge >= 0.3 is 5.97 Å². The van der Waals surface area contributed by atoms with Gasteiger partial charge in [-0.25, -0.2) is 8.78 Å². The number of hydrogen-bond acceptors (Lipinski definition) is 5. The van der Waals surface area contributed by atoms with E-state index in [0.717, 1.165) is 41.2 Å². The second-order valence-corrected chi connectivity index (χ2v) is 13.2. The number of nitrogens with zero attached hydrogens (tertiary/aromatic N) is 2. The molecule has 12 heteroatoms. The highest BCUT2D eigenvalue weighted by Crippen LogP contribution is 2.38. The highest BCUT2D eigenvalue weighted by atomic mass is 35.5. The number of carboxylic acids is 1. The smallest absolute Gasteiger partial charge is 0.303 e. The number of amides is 2. The molecule has 49 heavy (non-hydrogen) atoms. The Hall–Kier alpha value is -4.35. The minimum absolute atomic E-state index is 0.0119. The standard InChI is InChI=1S/C37H37ClF3N3O5/c38-28-6-2-1-5-24(28)19-44(26-11-12-26)37(48)34-27(18-25-20-43(21-31(34)42-25)32(45)15-16-33(46)47)23-9-7-22(8-10-23)4-3-17-49-36-30(40)14-13-29(39)35(36)41/h1-2,5-10,13-14,25-26,31,42H,3-4,11-12,15-21H2,(H,46,47)/t25-,31-/m1/s1. The fraction of sp³-hybridized carbons (Fsp3) is 0.378. The minimum Gasteiger partial charge on any atom is -0.488 e. The highest BCUT2D eigenvalue weighted by molar-refractivity contribution is 6.31. The average molecular weight is 696 g/mol. The lowest BCUT2D eigenvalue weighted by Gasteiger charge is -2.45. The summed E-state index contributed by atoms with van der Waals surface area (Å²) in [6, 6.07) is 16.3. The third-order valence-electron chi connectivity index (χ3n) is 9.25. The van der Waals surface area contributed by atoms with Crippen molar-refractivity contribution in [2.24, 2.45) is 0 Å². The third kappa shape index (κ3) is 8.11. The van der Waals surface area contributed by atoms with E-state index in [4.69, 9.17) is 21.4 Å². The topological polar surface area (TPSA) is 99.2 Å². The molecule has 3 aromatic rings. The first kappa shape index (κ1) is 34.5. The molecule has 1 saturated carbocycles. The van der Waals surface area contributed by atoms with Gasteiger partial charge in [-0.1, -0.05) is 54.1 Å². The number of halogens is 4. The average Bonchev–Trinajstić information content (AvgIpc) is 3.93. The van der Waals surface area contributed by atoms with Gasteiger partial charge in [0, 0.05) is 48.7 Å². The predicted octanol–water partition coefficient (Wildman–Crippen LogP) is 6.15. The van der Waals surface area contributed by atoms with Crippen LogP contribution in [0.4, 0.5) is 13.2 Å². The molecule has 2 amide bonds. The van der Waals surface area contributed by atoms with Crippen molar-refractivity contribution in [1.82, 2.24) is 15.1 Å². The number of rotatable bonds is 13. The Bertz CT molecular complexity index is 1760. The number of aryl methyl sites for hydroxylation is 1. The van der Waals surface area contributed by atoms with Crippen LogP contribution in [0.1, 0.15) is 55.2 Å². The molecule has 1 aliphatic carbocycles. The Morgan fingerprint density at radius 1 is 0.959 bits per heavy atom. The fourth-order valence-corrected chi connectivity index (χ4v) is 6.82. The van der Waals surface area contributed by atoms with E-state index >= 15 is 0 Å². The van der Waals surface area contributed by atoms with Gasteiger partial charge in [-0.3, -0.25) is 14.4 Å². The molecule has 2 fully saturated rings. The van der Waals surface area contributed by atoms with Crippen LogP contribution in [0.5, 0.6) is 5.75 Å². The molecular weight excluding hydrogens is 659 g/mol. The molecule has 2 heterocycles. The summed E-state index contributed by atoms with van der Waals surface area (Å²) < 4.78 is 46.5. The third-order valence-corrected chi connectivity index (χ3v) is 9.62. The zero-order valence-electron chi connectivity index (χ0n) is 26.8. The van der Waals surface area contributed by atoms with Gasteiger partial charge in [0.25, 0.3) is 5.91 Å². The number of fused-ring (bicyclic) bond motifs is 2. The number of carbonyl (C=O) groups is 3. The van der Waals surface area contributed by atoms with Gasteiger partial charge in [0.2, 0.25) is 11.7 Å². The summed E-state index contributed by atoms with van der Waals surface area (Å²) in [5, 5.41) is 13.3. The van der Waals surface area contributed by atoms with Crippen molar-refractivity contribution in [3.8, 4) is 5.75 Å². The highest BCUT2D eigenvalue weighted by Gasteiger charge is 2.43. The van der Waals surface area contributed by atoms with Gasteiger partial charge in [-0.2, -0.15) is 4.39 Å². The van der Waals surface area contributed by atoms with Gasteiger partial charge in [0.15, 0.2) is 17.4 Å². The molecule has 3 aliphatic rings. The molecule has 1 saturated heterocycles. The van der Waals surface area contributed by atoms with E-state index < -0.39 is 35.2 Å². The van der Waals surface area contributed by atoms with E-state index in [0.29, 0.717) is 49.0 Å². The Kier molecular flexibility index (Phi) is 10.6. The van der Waals surface area contributed by atoms with Gasteiger partial charge in [-0.15, -0.1) is 0 Å². The Morgan fingerprint density at radius 2 is 1.69 bits per heavy atom. The minimum atomic E-state index is -1.35. The molecule has 0 radical (unpaired) electrons. The molecule has 3 aromatic carbocycles. The number of aliphatic carboxylic acids is 1. The zero-order valence-corrected chi connectivity index (χ0v) is 27.5. The molecule has 6 rings (SSSR count). The molecule has 0 spiro atoms. The molecule has 8 nitrogen and oxygen atoms in total. The quantitative estimate of drug-likeness (QED) is 0.165. The summed E-state index contributed by atoms with van der Waals surface area (Å²) in [5.41, 5.74) is 4.16. The lowest BCUT2D eigenvalue weighted by atomic mass is 9.82. The van der Waals surface area contributed by atoms with Crippen molar-refractivity contribution in [3.05, 3.63) is 105 Å². The van der Waals surface area contributed by atoms with Gasteiger partial charge < -0.3 is 25.0 Å². The summed E-state index contributed by atoms with van der Waals surface area (Å²) in [7, 11) is 0. The summed E-state index contributed by atoms with van der Waals surface area (Å²) in [6.45, 7) is 0.981. The molecule has 2 aliphatic heterocycles. The number of nitrogens with one attached hydrogen (secondary N) is 1. The van der Waals surface area contributed by atoms with E-state index in [1.165, 1.54) is 0 Å². The number of hydrogen-bond donors (Lipinski definition) is 2. The van der Waals surface area contributed by atoms with Crippen LogP contribution in [0.25, 0.3) is 5.57 Å². The van der Waals surface area contributed by atoms with E-state index in [1.807, 2.05) is 47.4 Å². The summed E-state index contributed by atoms with van der Waals surface area (Å²) in [5.74, 6) is -5.63. The fourth-order valence-electron chi connectivity index (χ4n) is 6.62. The normalized spacial score (nSPS) is 18.7. The number of piperazine rings is 1. The molecule has 2 N–H and O–H groups in total. The second-order valence-electron chi connectivity index (χ2n) is 12.8. The van der Waals surface area contributed by atoms with Crippen LogP contribution in [-0.4, -0.2) is 70.5 Å². The van der Waals surface area contributed by atoms with Crippen molar-refractivity contribution in [2.45, 2.75) is 69.6 Å². The zero-order chi connectivity index (χ0) is 34.7. The predicted molar refractivity (Wildman–Crippen MR) is 177 cm³/mol. The van der Waals surface area contributed by atoms with Gasteiger partial charge in [-0.05, 0) is 72.6 Å². The van der Waals surface area contributed by atoms with Crippen LogP contribution in [0.15, 0.2) is 66.2 Å². The second kappa shape index (κ2) is 15.0. The summed E-state index contributed by atoms with van der Waals surface area (Å²) in [6.07, 6.45) is 2.87. The van der Waals surface area contributed by atoms with Crippen LogP contribution in [0.3, 0.4) is 0 Å². The lowest BCUT2D eigenvalue weighted by molar-refractivity contribution is -0.141. The van der Waals surface area contributed by atoms with Crippen LogP contribution >= 0.6 is 11.6 Å². The van der Waals surface area contributed by atoms with Crippen molar-refractivity contribution in [1.29, 1.82) is 0 Å². The van der Waals surface area contributed by atoms with E-state index in [-0.39, 0.29) is 49.9 Å². The Morgan fingerprint density at radius 3 is 2.41 bits per heavy atom. The number of carboxylic acid groups (broad SMARTS) is 1. The SMILES string of the molecule is O=C(O)CCC(=O)N1C[C@H]2CC(c3ccc(CCCOc4c(F)ccc(F)c4F)cc3)=C(C(=O)N(Cc3ccccc3Cl)C3CC3)[C@@H](C1)N2. The van der Waals surface area contributed by atoms with Gasteiger partial charge in [0.05, 0.1) is 19.1 Å². The van der Waals surface area contributed by atoms with Crippen LogP contribution < -0.4 is 10.1 Å². The van der Waals surface area contributed by atoms with Crippen molar-refractivity contribution in [3.63, 3.8) is 0 Å². The van der Waals surface area contributed by atoms with Crippen molar-refractivity contribution < 1.29 is 37.4 Å². The largest absolute Gasteiger partial charge is 0.488 e. The monoisotopic (exact) mass is 695 g/mol. The maximum atomic E-state index is 14.6. The Balaban J connectivity index is 1.23. The van der Waals surface area contributed by atoms with Crippen molar-refractivity contribution >= 4 is 35.0 Å². The first-order chi connectivity index (χ1) is 23.6. The number of benzene rings is 3. The molecular formula is C37H37ClF3N3O5. The lowest BCUT2D eigenvalue weighted by Crippen LogP contribution is -2.62. The molecule has 0 aromatic heterocycles.